The molecule has 0 saturated carbocycles. The number of aromatic nitrogens is 1. The van der Waals surface area contributed by atoms with Crippen molar-refractivity contribution in [1.82, 2.24) is 0 Å². The molecular formula is C19H14I2N2S2. The zero-order valence-corrected chi connectivity index (χ0v) is 19.0. The summed E-state index contributed by atoms with van der Waals surface area (Å²) in [5.74, 6) is 0. The number of benzene rings is 2. The van der Waals surface area contributed by atoms with Crippen molar-refractivity contribution in [3.05, 3.63) is 82.9 Å². The summed E-state index contributed by atoms with van der Waals surface area (Å²) in [6, 6.07) is 16.8. The number of nitrogens with zero attached hydrogens (tertiary/aromatic N) is 1. The number of hydrogen-bond donors (Lipinski definition) is 0. The smallest absolute Gasteiger partial charge is 0.261 e. The maximum absolute atomic E-state index is 3.42. The molecule has 0 saturated heterocycles. The molecule has 1 aliphatic rings. The second kappa shape index (κ2) is 8.70. The zero-order valence-electron chi connectivity index (χ0n) is 13.0. The predicted molar refractivity (Wildman–Crippen MR) is 113 cm³/mol. The summed E-state index contributed by atoms with van der Waals surface area (Å²) >= 11 is 5.92. The van der Waals surface area contributed by atoms with E-state index in [9.17, 15) is 0 Å². The topological polar surface area (TPSA) is 17.4 Å². The highest BCUT2D eigenvalue weighted by atomic mass is 127. The molecule has 2 heterocycles. The van der Waals surface area contributed by atoms with Gasteiger partial charge in [0.25, 0.3) is 5.01 Å². The molecule has 6 heteroatoms. The molecule has 0 unspecified atom stereocenters. The molecule has 4 rings (SSSR count). The van der Waals surface area contributed by atoms with Gasteiger partial charge in [0.2, 0.25) is 5.52 Å². The number of allylic oxidation sites excluding steroid dienone is 4. The lowest BCUT2D eigenvalue weighted by Crippen LogP contribution is -3.00. The maximum atomic E-state index is 3.42. The number of hydrogen-bond acceptors (Lipinski definition) is 3. The van der Waals surface area contributed by atoms with Crippen LogP contribution in [0.4, 0.5) is 5.69 Å². The van der Waals surface area contributed by atoms with E-state index in [1.807, 2.05) is 0 Å². The summed E-state index contributed by atoms with van der Waals surface area (Å²) in [5, 5.41) is 2.39. The molecule has 0 bridgehead atoms. The summed E-state index contributed by atoms with van der Waals surface area (Å²) in [6.45, 7) is 0. The Morgan fingerprint density at radius 1 is 0.960 bits per heavy atom. The number of thioether (sulfide) groups is 1. The fourth-order valence-electron chi connectivity index (χ4n) is 2.43. The molecule has 25 heavy (non-hydrogen) atoms. The standard InChI is InChI=1S/C19H13IN2S2.HI/c20-22-15-9-5-7-11-17(15)24-19(22)13-3-1-2-12-18-21-14-8-4-6-10-16(14)23-18;/h1-13H;1H/b3-1+,12-2+,19-13+;. The lowest BCUT2D eigenvalue weighted by Gasteiger charge is -2.08. The van der Waals surface area contributed by atoms with Gasteiger partial charge < -0.3 is 24.0 Å². The highest BCUT2D eigenvalue weighted by molar-refractivity contribution is 14.1. The van der Waals surface area contributed by atoms with Crippen LogP contribution in [0.3, 0.4) is 0 Å². The van der Waals surface area contributed by atoms with E-state index >= 15 is 0 Å². The number of anilines is 1. The minimum Gasteiger partial charge on any atom is -1.00 e. The van der Waals surface area contributed by atoms with Crippen molar-refractivity contribution in [3.8, 4) is 0 Å². The summed E-state index contributed by atoms with van der Waals surface area (Å²) in [7, 11) is 0. The van der Waals surface area contributed by atoms with E-state index in [-0.39, 0.29) is 24.0 Å². The van der Waals surface area contributed by atoms with Crippen molar-refractivity contribution >= 4 is 67.9 Å². The summed E-state index contributed by atoms with van der Waals surface area (Å²) in [6.07, 6.45) is 10.5. The van der Waals surface area contributed by atoms with Crippen LogP contribution >= 0.6 is 46.0 Å². The van der Waals surface area contributed by atoms with Gasteiger partial charge in [-0.2, -0.15) is 4.98 Å². The number of H-pyrrole nitrogens is 1. The van der Waals surface area contributed by atoms with E-state index in [0.29, 0.717) is 0 Å². The number of thiazole rings is 1. The normalized spacial score (nSPS) is 15.4. The largest absolute Gasteiger partial charge is 1.00 e. The molecule has 3 aromatic rings. The quantitative estimate of drug-likeness (QED) is 0.266. The van der Waals surface area contributed by atoms with Gasteiger partial charge in [0, 0.05) is 17.0 Å². The van der Waals surface area contributed by atoms with Gasteiger partial charge >= 0.3 is 0 Å². The van der Waals surface area contributed by atoms with Gasteiger partial charge in [-0.15, -0.1) is 0 Å². The summed E-state index contributed by atoms with van der Waals surface area (Å²) in [4.78, 5) is 4.72. The minimum absolute atomic E-state index is 0. The molecule has 1 aromatic heterocycles. The van der Waals surface area contributed by atoms with E-state index < -0.39 is 0 Å². The Bertz CT molecular complexity index is 943. The molecular weight excluding hydrogens is 574 g/mol. The molecule has 0 amide bonds. The average molecular weight is 588 g/mol. The molecule has 0 radical (unpaired) electrons. The van der Waals surface area contributed by atoms with Gasteiger partial charge in [-0.3, -0.25) is 3.11 Å². The molecule has 1 aliphatic heterocycles. The fraction of sp³-hybridized carbons (Fsp3) is 0. The number of rotatable bonds is 3. The molecule has 126 valence electrons. The molecule has 2 aromatic carbocycles. The Balaban J connectivity index is 0.00000182. The first-order chi connectivity index (χ1) is 11.8. The maximum Gasteiger partial charge on any atom is 0.261 e. The van der Waals surface area contributed by atoms with Crippen LogP contribution in [-0.2, 0) is 0 Å². The Morgan fingerprint density at radius 3 is 2.60 bits per heavy atom. The van der Waals surface area contributed by atoms with E-state index in [1.165, 1.54) is 25.8 Å². The third-order valence-corrected chi connectivity index (χ3v) is 7.05. The third kappa shape index (κ3) is 4.29. The van der Waals surface area contributed by atoms with Crippen LogP contribution in [0.15, 0.2) is 82.8 Å². The first-order valence-electron chi connectivity index (χ1n) is 7.50. The first kappa shape index (κ1) is 18.9. The Morgan fingerprint density at radius 2 is 1.76 bits per heavy atom. The SMILES string of the molecule is IN1\C(=C/C=C/C=C/c2[nH+]c3ccccc3s2)Sc2ccccc21.[I-]. The second-order valence-corrected chi connectivity index (χ2v) is 8.30. The van der Waals surface area contributed by atoms with Crippen LogP contribution in [0.1, 0.15) is 5.01 Å². The second-order valence-electron chi connectivity index (χ2n) is 5.19. The summed E-state index contributed by atoms with van der Waals surface area (Å²) < 4.78 is 3.48. The lowest BCUT2D eigenvalue weighted by atomic mass is 10.3. The predicted octanol–water partition coefficient (Wildman–Crippen LogP) is 3.09. The molecule has 0 fully saturated rings. The van der Waals surface area contributed by atoms with Crippen LogP contribution in [-0.4, -0.2) is 0 Å². The number of halogens is 2. The zero-order chi connectivity index (χ0) is 16.4. The van der Waals surface area contributed by atoms with Gasteiger partial charge in [0.15, 0.2) is 0 Å². The number of fused-ring (bicyclic) bond motifs is 2. The fourth-order valence-corrected chi connectivity index (χ4v) is 5.35. The molecule has 0 atom stereocenters. The average Bonchev–Trinajstić information content (AvgIpc) is 3.16. The van der Waals surface area contributed by atoms with Crippen molar-refractivity contribution in [2.24, 2.45) is 0 Å². The Labute approximate surface area is 186 Å². The van der Waals surface area contributed by atoms with Crippen LogP contribution in [0.2, 0.25) is 0 Å². The van der Waals surface area contributed by atoms with Crippen molar-refractivity contribution < 1.29 is 29.0 Å². The van der Waals surface area contributed by atoms with Crippen LogP contribution in [0.5, 0.6) is 0 Å². The van der Waals surface area contributed by atoms with Crippen molar-refractivity contribution in [1.29, 1.82) is 0 Å². The van der Waals surface area contributed by atoms with Gasteiger partial charge in [0.1, 0.15) is 4.70 Å². The van der Waals surface area contributed by atoms with Gasteiger partial charge in [-0.1, -0.05) is 65.6 Å². The molecule has 0 aliphatic carbocycles. The highest BCUT2D eigenvalue weighted by Gasteiger charge is 2.21. The van der Waals surface area contributed by atoms with Gasteiger partial charge in [-0.05, 0) is 24.3 Å². The van der Waals surface area contributed by atoms with Crippen LogP contribution in [0, 0.1) is 0 Å². The minimum atomic E-state index is 0. The third-order valence-electron chi connectivity index (χ3n) is 3.56. The van der Waals surface area contributed by atoms with Crippen LogP contribution < -0.4 is 32.1 Å². The Hall–Kier alpha value is -0.840. The van der Waals surface area contributed by atoms with E-state index in [4.69, 9.17) is 0 Å². The number of para-hydroxylation sites is 2. The molecule has 2 nitrogen and oxygen atoms in total. The van der Waals surface area contributed by atoms with E-state index in [1.54, 1.807) is 23.1 Å². The van der Waals surface area contributed by atoms with Crippen molar-refractivity contribution in [2.75, 3.05) is 3.11 Å². The van der Waals surface area contributed by atoms with E-state index in [0.717, 1.165) is 5.01 Å². The first-order valence-corrected chi connectivity index (χ1v) is 10.1. The molecule has 0 spiro atoms. The summed E-state index contributed by atoms with van der Waals surface area (Å²) in [5.41, 5.74) is 2.45. The van der Waals surface area contributed by atoms with Gasteiger partial charge in [-0.25, -0.2) is 0 Å². The van der Waals surface area contributed by atoms with Crippen molar-refractivity contribution in [3.63, 3.8) is 0 Å². The lowest BCUT2D eigenvalue weighted by molar-refractivity contribution is -0.340. The van der Waals surface area contributed by atoms with Gasteiger partial charge in [0.05, 0.1) is 33.6 Å². The number of nitrogens with one attached hydrogen (secondary N) is 1. The number of aromatic amines is 1. The monoisotopic (exact) mass is 588 g/mol. The highest BCUT2D eigenvalue weighted by Crippen LogP contribution is 2.47. The van der Waals surface area contributed by atoms with E-state index in [2.05, 4.69) is 110 Å². The van der Waals surface area contributed by atoms with Crippen LogP contribution in [0.25, 0.3) is 16.3 Å². The molecule has 1 N–H and O–H groups in total. The Kier molecular flexibility index (Phi) is 6.59. The van der Waals surface area contributed by atoms with Crippen molar-refractivity contribution in [2.45, 2.75) is 4.90 Å².